The topological polar surface area (TPSA) is 38.9 Å². The molecule has 5 aromatic carbocycles. The van der Waals surface area contributed by atoms with E-state index in [0.717, 1.165) is 57.3 Å². The van der Waals surface area contributed by atoms with Gasteiger partial charge < -0.3 is 14.4 Å². The van der Waals surface area contributed by atoms with Gasteiger partial charge >= 0.3 is 0 Å². The minimum atomic E-state index is -1.46. The molecule has 3 heterocycles. The molecule has 0 aliphatic rings. The van der Waals surface area contributed by atoms with Crippen molar-refractivity contribution in [1.82, 2.24) is 9.97 Å². The molecule has 58 heavy (non-hydrogen) atoms. The first kappa shape index (κ1) is 42.9. The van der Waals surface area contributed by atoms with Gasteiger partial charge in [0.1, 0.15) is 5.58 Å². The number of pyridine rings is 2. The third kappa shape index (κ3) is 9.58. The van der Waals surface area contributed by atoms with Crippen LogP contribution in [0.1, 0.15) is 58.2 Å². The van der Waals surface area contributed by atoms with Gasteiger partial charge in [-0.15, -0.1) is 48.0 Å². The van der Waals surface area contributed by atoms with E-state index >= 15 is 0 Å². The van der Waals surface area contributed by atoms with Gasteiger partial charge in [0.05, 0.1) is 13.7 Å². The van der Waals surface area contributed by atoms with E-state index in [1.54, 1.807) is 6.07 Å². The van der Waals surface area contributed by atoms with E-state index < -0.39 is 8.07 Å². The second kappa shape index (κ2) is 16.9. The van der Waals surface area contributed by atoms with E-state index in [1.165, 1.54) is 55.9 Å². The normalized spacial score (nSPS) is 12.1. The Morgan fingerprint density at radius 1 is 0.672 bits per heavy atom. The summed E-state index contributed by atoms with van der Waals surface area (Å²) in [5.74, 6) is -0.248. The van der Waals surface area contributed by atoms with Gasteiger partial charge in [0.25, 0.3) is 0 Å². The molecule has 0 bridgehead atoms. The third-order valence-corrected chi connectivity index (χ3v) is 12.4. The van der Waals surface area contributed by atoms with E-state index in [4.69, 9.17) is 9.40 Å². The summed E-state index contributed by atoms with van der Waals surface area (Å²) in [4.78, 5) is 9.37. The molecular formula is C52H53FIrN2OSi-2. The molecule has 3 nitrogen and oxygen atoms in total. The molecule has 0 saturated carbocycles. The van der Waals surface area contributed by atoms with Crippen LogP contribution < -0.4 is 5.19 Å². The standard InChI is InChI=1S/C33H28NO.C19H25FNSi.Ir/c1-21-20-34-29(18-23(21)19-33(2,3)4)27-15-8-16-28-31-26(14-9-17-30(31)35-32(27)28)25-13-7-11-22-10-5-6-12-24(22)25;1-19(2,3)12-15-11-17(14-8-7-9-16(20)10-14)21-13-18(15)22(4,5)6;/h5-14,16-18,20H,19H2,1-4H3;7,9-11,13H,12H2,1-6H3;/q2*-1;. The molecule has 0 N–H and O–H groups in total. The van der Waals surface area contributed by atoms with Gasteiger partial charge in [0.2, 0.25) is 0 Å². The summed E-state index contributed by atoms with van der Waals surface area (Å²) in [7, 11) is -1.46. The van der Waals surface area contributed by atoms with E-state index in [-0.39, 0.29) is 36.8 Å². The molecule has 0 amide bonds. The van der Waals surface area contributed by atoms with E-state index in [0.29, 0.717) is 0 Å². The van der Waals surface area contributed by atoms with Crippen molar-refractivity contribution in [3.05, 3.63) is 150 Å². The van der Waals surface area contributed by atoms with Crippen LogP contribution in [0.4, 0.5) is 4.39 Å². The van der Waals surface area contributed by atoms with Crippen LogP contribution >= 0.6 is 0 Å². The molecule has 0 aliphatic heterocycles. The van der Waals surface area contributed by atoms with Crippen molar-refractivity contribution in [3.63, 3.8) is 0 Å². The van der Waals surface area contributed by atoms with Crippen molar-refractivity contribution in [2.45, 2.75) is 80.9 Å². The Morgan fingerprint density at radius 2 is 1.31 bits per heavy atom. The van der Waals surface area contributed by atoms with Gasteiger partial charge in [0.15, 0.2) is 0 Å². The van der Waals surface area contributed by atoms with Crippen molar-refractivity contribution in [2.24, 2.45) is 10.8 Å². The molecule has 0 unspecified atom stereocenters. The summed E-state index contributed by atoms with van der Waals surface area (Å²) in [6.45, 7) is 22.7. The van der Waals surface area contributed by atoms with Crippen LogP contribution in [0.5, 0.6) is 0 Å². The maximum atomic E-state index is 13.5. The predicted octanol–water partition coefficient (Wildman–Crippen LogP) is 14.0. The molecule has 299 valence electrons. The quantitative estimate of drug-likeness (QED) is 0.123. The second-order valence-electron chi connectivity index (χ2n) is 18.8. The van der Waals surface area contributed by atoms with Crippen LogP contribution in [0, 0.1) is 35.7 Å². The van der Waals surface area contributed by atoms with Gasteiger partial charge in [-0.3, -0.25) is 0 Å². The van der Waals surface area contributed by atoms with Gasteiger partial charge in [-0.2, -0.15) is 0 Å². The first-order chi connectivity index (χ1) is 26.9. The first-order valence-electron chi connectivity index (χ1n) is 19.9. The molecule has 1 radical (unpaired) electrons. The molecule has 0 spiro atoms. The van der Waals surface area contributed by atoms with Crippen LogP contribution in [-0.4, -0.2) is 18.0 Å². The van der Waals surface area contributed by atoms with Gasteiger partial charge in [-0.05, 0) is 80.7 Å². The zero-order valence-electron chi connectivity index (χ0n) is 35.4. The smallest absolute Gasteiger partial charge is 0.121 e. The summed E-state index contributed by atoms with van der Waals surface area (Å²) in [6, 6.07) is 40.9. The maximum Gasteiger partial charge on any atom is 0.121 e. The number of aromatic nitrogens is 2. The summed E-state index contributed by atoms with van der Waals surface area (Å²) in [6.07, 6.45) is 5.97. The monoisotopic (exact) mass is 961 g/mol. The summed E-state index contributed by atoms with van der Waals surface area (Å²) in [5.41, 5.74) is 11.8. The summed E-state index contributed by atoms with van der Waals surface area (Å²) < 4.78 is 20.0. The Kier molecular flexibility index (Phi) is 12.5. The average Bonchev–Trinajstić information content (AvgIpc) is 3.54. The van der Waals surface area contributed by atoms with Crippen LogP contribution in [-0.2, 0) is 32.9 Å². The molecule has 0 saturated heterocycles. The number of aryl methyl sites for hydroxylation is 1. The molecule has 6 heteroatoms. The first-order valence-corrected chi connectivity index (χ1v) is 23.4. The summed E-state index contributed by atoms with van der Waals surface area (Å²) in [5, 5.41) is 6.10. The van der Waals surface area contributed by atoms with Crippen molar-refractivity contribution in [1.29, 1.82) is 0 Å². The average molecular weight is 961 g/mol. The minimum absolute atomic E-state index is 0. The molecule has 8 aromatic rings. The van der Waals surface area contributed by atoms with Crippen LogP contribution in [0.2, 0.25) is 19.6 Å². The van der Waals surface area contributed by atoms with Crippen molar-refractivity contribution < 1.29 is 28.9 Å². The van der Waals surface area contributed by atoms with Gasteiger partial charge in [0, 0.05) is 43.7 Å². The Labute approximate surface area is 358 Å². The summed E-state index contributed by atoms with van der Waals surface area (Å²) >= 11 is 0. The van der Waals surface area contributed by atoms with Crippen LogP contribution in [0.25, 0.3) is 66.4 Å². The van der Waals surface area contributed by atoms with Crippen molar-refractivity contribution >= 4 is 46.0 Å². The second-order valence-corrected chi connectivity index (χ2v) is 23.8. The molecular weight excluding hydrogens is 908 g/mol. The van der Waals surface area contributed by atoms with Crippen LogP contribution in [0.3, 0.4) is 0 Å². The SMILES string of the molecule is CC(C)(C)Cc1cc(-c2[c-]ccc(F)c2)ncc1[Si](C)(C)C.Cc1cnc(-c2[c-]ccc3c2oc2cccc(-c4cccc5ccccc45)c23)cc1CC(C)(C)C.[Ir]. The Hall–Kier alpha value is -4.74. The number of furan rings is 1. The zero-order chi connectivity index (χ0) is 40.7. The molecule has 3 aromatic heterocycles. The molecule has 0 aliphatic carbocycles. The van der Waals surface area contributed by atoms with Crippen LogP contribution in [0.15, 0.2) is 120 Å². The Morgan fingerprint density at radius 3 is 2.03 bits per heavy atom. The fourth-order valence-electron chi connectivity index (χ4n) is 7.75. The number of fused-ring (bicyclic) bond motifs is 4. The number of rotatable bonds is 6. The van der Waals surface area contributed by atoms with E-state index in [1.807, 2.05) is 18.5 Å². The molecule has 8 rings (SSSR count). The molecule has 0 fully saturated rings. The van der Waals surface area contributed by atoms with Gasteiger partial charge in [-0.1, -0.05) is 150 Å². The zero-order valence-corrected chi connectivity index (χ0v) is 38.8. The van der Waals surface area contributed by atoms with E-state index in [2.05, 4.69) is 164 Å². The Balaban J connectivity index is 0.000000214. The van der Waals surface area contributed by atoms with Gasteiger partial charge in [-0.25, -0.2) is 4.39 Å². The largest absolute Gasteiger partial charge is 0.501 e. The fourth-order valence-corrected chi connectivity index (χ4v) is 9.33. The predicted molar refractivity (Wildman–Crippen MR) is 241 cm³/mol. The third-order valence-electron chi connectivity index (χ3n) is 10.3. The van der Waals surface area contributed by atoms with E-state index in [9.17, 15) is 4.39 Å². The number of nitrogens with zero attached hydrogens (tertiary/aromatic N) is 2. The maximum absolute atomic E-state index is 13.5. The van der Waals surface area contributed by atoms with Crippen molar-refractivity contribution in [2.75, 3.05) is 0 Å². The Bertz CT molecular complexity index is 2730. The van der Waals surface area contributed by atoms with Crippen molar-refractivity contribution in [3.8, 4) is 33.6 Å². The minimum Gasteiger partial charge on any atom is -0.501 e. The molecule has 0 atom stereocenters. The number of halogens is 1. The number of benzene rings is 5. The number of hydrogen-bond acceptors (Lipinski definition) is 3. The fraction of sp³-hybridized carbons (Fsp3) is 0.269. The number of hydrogen-bond donors (Lipinski definition) is 0.